The second-order valence-electron chi connectivity index (χ2n) is 6.81. The quantitative estimate of drug-likeness (QED) is 0.655. The molecule has 2 aromatic rings. The smallest absolute Gasteiger partial charge is 0.325 e. The van der Waals surface area contributed by atoms with E-state index >= 15 is 0 Å². The number of urea groups is 1. The first-order valence-electron chi connectivity index (χ1n) is 9.27. The van der Waals surface area contributed by atoms with E-state index in [9.17, 15) is 14.4 Å². The fourth-order valence-electron chi connectivity index (χ4n) is 3.34. The van der Waals surface area contributed by atoms with Crippen LogP contribution < -0.4 is 10.6 Å². The van der Waals surface area contributed by atoms with Crippen molar-refractivity contribution in [2.24, 2.45) is 0 Å². The molecule has 8 heteroatoms. The van der Waals surface area contributed by atoms with Crippen molar-refractivity contribution >= 4 is 41.0 Å². The molecule has 1 unspecified atom stereocenters. The highest BCUT2D eigenvalue weighted by Gasteiger charge is 2.51. The van der Waals surface area contributed by atoms with Crippen molar-refractivity contribution in [2.75, 3.05) is 13.1 Å². The molecular weight excluding hydrogens is 413 g/mol. The Hall–Kier alpha value is -2.57. The molecule has 1 heterocycles. The van der Waals surface area contributed by atoms with Crippen LogP contribution in [0.5, 0.6) is 0 Å². The predicted octanol–water partition coefficient (Wildman–Crippen LogP) is 3.51. The average molecular weight is 434 g/mol. The molecule has 1 aliphatic heterocycles. The van der Waals surface area contributed by atoms with Crippen LogP contribution in [0.25, 0.3) is 0 Å². The molecule has 0 aromatic heterocycles. The number of nitrogens with one attached hydrogen (secondary N) is 2. The van der Waals surface area contributed by atoms with Gasteiger partial charge in [0.25, 0.3) is 5.91 Å². The minimum Gasteiger partial charge on any atom is -0.354 e. The lowest BCUT2D eigenvalue weighted by Crippen LogP contribution is -2.45. The summed E-state index contributed by atoms with van der Waals surface area (Å²) in [6.07, 6.45) is 0.973. The summed E-state index contributed by atoms with van der Waals surface area (Å²) >= 11 is 11.8. The maximum Gasteiger partial charge on any atom is 0.325 e. The number of carbonyl (C=O) groups excluding carboxylic acids is 3. The van der Waals surface area contributed by atoms with E-state index in [1.807, 2.05) is 19.1 Å². The molecule has 2 N–H and O–H groups in total. The molecule has 152 valence electrons. The number of halogens is 2. The fraction of sp³-hybridized carbons (Fsp3) is 0.286. The van der Waals surface area contributed by atoms with E-state index in [1.54, 1.807) is 36.4 Å². The molecule has 3 rings (SSSR count). The average Bonchev–Trinajstić information content (AvgIpc) is 2.95. The first-order valence-corrected chi connectivity index (χ1v) is 10.0. The van der Waals surface area contributed by atoms with Crippen molar-refractivity contribution in [3.8, 4) is 0 Å². The molecule has 1 atom stereocenters. The van der Waals surface area contributed by atoms with Crippen molar-refractivity contribution < 1.29 is 14.4 Å². The third kappa shape index (κ3) is 4.54. The van der Waals surface area contributed by atoms with Gasteiger partial charge in [0.2, 0.25) is 5.91 Å². The zero-order valence-electron chi connectivity index (χ0n) is 15.9. The van der Waals surface area contributed by atoms with Gasteiger partial charge in [-0.3, -0.25) is 14.5 Å². The summed E-state index contributed by atoms with van der Waals surface area (Å²) in [5.41, 5.74) is 0.469. The number of carbonyl (C=O) groups is 3. The molecule has 0 saturated carbocycles. The zero-order valence-corrected chi connectivity index (χ0v) is 17.4. The summed E-state index contributed by atoms with van der Waals surface area (Å²) in [5, 5.41) is 6.68. The van der Waals surface area contributed by atoms with Crippen molar-refractivity contribution in [2.45, 2.75) is 25.3 Å². The maximum atomic E-state index is 13.0. The van der Waals surface area contributed by atoms with Gasteiger partial charge in [-0.2, -0.15) is 0 Å². The second-order valence-corrected chi connectivity index (χ2v) is 7.69. The van der Waals surface area contributed by atoms with Crippen LogP contribution in [-0.4, -0.2) is 35.8 Å². The number of rotatable bonds is 7. The first kappa shape index (κ1) is 21.1. The van der Waals surface area contributed by atoms with Gasteiger partial charge in [-0.05, 0) is 48.2 Å². The Bertz CT molecular complexity index is 916. The van der Waals surface area contributed by atoms with Crippen LogP contribution in [0.3, 0.4) is 0 Å². The predicted molar refractivity (Wildman–Crippen MR) is 112 cm³/mol. The van der Waals surface area contributed by atoms with Gasteiger partial charge in [-0.15, -0.1) is 0 Å². The van der Waals surface area contributed by atoms with E-state index in [1.165, 1.54) is 0 Å². The highest BCUT2D eigenvalue weighted by Crippen LogP contribution is 2.32. The van der Waals surface area contributed by atoms with E-state index in [0.29, 0.717) is 35.0 Å². The van der Waals surface area contributed by atoms with Crippen molar-refractivity contribution in [1.29, 1.82) is 0 Å². The van der Waals surface area contributed by atoms with Crippen LogP contribution in [0.4, 0.5) is 4.79 Å². The Balaban J connectivity index is 1.62. The third-order valence-electron chi connectivity index (χ3n) is 4.99. The SMILES string of the molecule is CCC1(c2ccc(Cl)cc2)NC(=O)N(CC(=O)NCCc2ccc(Cl)cc2)C1=O. The van der Waals surface area contributed by atoms with Crippen molar-refractivity contribution in [1.82, 2.24) is 15.5 Å². The highest BCUT2D eigenvalue weighted by molar-refractivity contribution is 6.30. The summed E-state index contributed by atoms with van der Waals surface area (Å²) in [6.45, 7) is 1.86. The molecule has 0 spiro atoms. The summed E-state index contributed by atoms with van der Waals surface area (Å²) in [4.78, 5) is 38.7. The van der Waals surface area contributed by atoms with E-state index in [2.05, 4.69) is 10.6 Å². The fourth-order valence-corrected chi connectivity index (χ4v) is 3.59. The van der Waals surface area contributed by atoms with Gasteiger partial charge in [-0.25, -0.2) is 4.79 Å². The number of benzene rings is 2. The molecule has 6 nitrogen and oxygen atoms in total. The minimum absolute atomic E-state index is 0.333. The Morgan fingerprint density at radius 3 is 2.21 bits per heavy atom. The standard InChI is InChI=1S/C21H21Cl2N3O3/c1-2-21(15-5-9-17(23)10-6-15)19(28)26(20(29)25-21)13-18(27)24-12-11-14-3-7-16(22)8-4-14/h3-10H,2,11-13H2,1H3,(H,24,27)(H,25,29). The molecule has 29 heavy (non-hydrogen) atoms. The van der Waals surface area contributed by atoms with Crippen molar-refractivity contribution in [3.05, 3.63) is 69.7 Å². The van der Waals surface area contributed by atoms with Crippen molar-refractivity contribution in [3.63, 3.8) is 0 Å². The summed E-state index contributed by atoms with van der Waals surface area (Å²) in [7, 11) is 0. The summed E-state index contributed by atoms with van der Waals surface area (Å²) in [5.74, 6) is -0.842. The normalized spacial score (nSPS) is 18.7. The first-order chi connectivity index (χ1) is 13.9. The van der Waals surface area contributed by atoms with Gasteiger partial charge in [-0.1, -0.05) is 54.4 Å². The van der Waals surface area contributed by atoms with E-state index in [4.69, 9.17) is 23.2 Å². The van der Waals surface area contributed by atoms with E-state index in [-0.39, 0.29) is 6.54 Å². The monoisotopic (exact) mass is 433 g/mol. The van der Waals surface area contributed by atoms with Gasteiger partial charge in [0.15, 0.2) is 0 Å². The third-order valence-corrected chi connectivity index (χ3v) is 5.50. The largest absolute Gasteiger partial charge is 0.354 e. The van der Waals surface area contributed by atoms with Gasteiger partial charge < -0.3 is 10.6 Å². The Morgan fingerprint density at radius 1 is 1.03 bits per heavy atom. The highest BCUT2D eigenvalue weighted by atomic mass is 35.5. The lowest BCUT2D eigenvalue weighted by atomic mass is 9.87. The maximum absolute atomic E-state index is 13.0. The van der Waals surface area contributed by atoms with Crippen LogP contribution in [0, 0.1) is 0 Å². The van der Waals surface area contributed by atoms with Gasteiger partial charge in [0.1, 0.15) is 12.1 Å². The number of amides is 4. The lowest BCUT2D eigenvalue weighted by molar-refractivity contribution is -0.135. The molecule has 4 amide bonds. The van der Waals surface area contributed by atoms with Crippen LogP contribution in [0.2, 0.25) is 10.0 Å². The number of hydrogen-bond acceptors (Lipinski definition) is 3. The molecule has 0 radical (unpaired) electrons. The van der Waals surface area contributed by atoms with Gasteiger partial charge in [0, 0.05) is 16.6 Å². The number of hydrogen-bond donors (Lipinski definition) is 2. The Labute approximate surface area is 179 Å². The Morgan fingerprint density at radius 2 is 1.62 bits per heavy atom. The topological polar surface area (TPSA) is 78.5 Å². The molecule has 2 aromatic carbocycles. The molecule has 1 saturated heterocycles. The van der Waals surface area contributed by atoms with Gasteiger partial charge >= 0.3 is 6.03 Å². The molecule has 1 aliphatic rings. The van der Waals surface area contributed by atoms with Crippen LogP contribution in [0.15, 0.2) is 48.5 Å². The molecular formula is C21H21Cl2N3O3. The molecule has 1 fully saturated rings. The van der Waals surface area contributed by atoms with Gasteiger partial charge in [0.05, 0.1) is 0 Å². The number of nitrogens with zero attached hydrogens (tertiary/aromatic N) is 1. The number of imide groups is 1. The van der Waals surface area contributed by atoms with Crippen LogP contribution >= 0.6 is 23.2 Å². The second kappa shape index (κ2) is 8.84. The Kier molecular flexibility index (Phi) is 6.45. The minimum atomic E-state index is -1.19. The van der Waals surface area contributed by atoms with Crippen LogP contribution in [-0.2, 0) is 21.5 Å². The summed E-state index contributed by atoms with van der Waals surface area (Å²) in [6, 6.07) is 13.5. The van der Waals surface area contributed by atoms with E-state index < -0.39 is 23.4 Å². The summed E-state index contributed by atoms with van der Waals surface area (Å²) < 4.78 is 0. The van der Waals surface area contributed by atoms with Crippen LogP contribution in [0.1, 0.15) is 24.5 Å². The molecule has 0 aliphatic carbocycles. The molecule has 0 bridgehead atoms. The zero-order chi connectivity index (χ0) is 21.0. The lowest BCUT2D eigenvalue weighted by Gasteiger charge is -2.25. The van der Waals surface area contributed by atoms with E-state index in [0.717, 1.165) is 10.5 Å².